The topological polar surface area (TPSA) is 99.2 Å². The summed E-state index contributed by atoms with van der Waals surface area (Å²) in [4.78, 5) is 24.1. The van der Waals surface area contributed by atoms with Crippen LogP contribution < -0.4 is 0 Å². The summed E-state index contributed by atoms with van der Waals surface area (Å²) < 4.78 is 38.0. The van der Waals surface area contributed by atoms with Gasteiger partial charge in [0.2, 0.25) is 0 Å². The minimum atomic E-state index is -3.64. The zero-order valence-corrected chi connectivity index (χ0v) is 14.7. The van der Waals surface area contributed by atoms with Crippen molar-refractivity contribution in [2.75, 3.05) is 26.0 Å². The van der Waals surface area contributed by atoms with E-state index in [1.165, 1.54) is 4.90 Å². The van der Waals surface area contributed by atoms with E-state index in [2.05, 4.69) is 0 Å². The van der Waals surface area contributed by atoms with Gasteiger partial charge in [0.15, 0.2) is 0 Å². The van der Waals surface area contributed by atoms with Gasteiger partial charge in [0.25, 0.3) is 10.1 Å². The summed E-state index contributed by atoms with van der Waals surface area (Å²) in [5.41, 5.74) is 0.840. The number of carbonyl (C=O) groups excluding carboxylic acids is 2. The largest absolute Gasteiger partial charge is 0.445 e. The number of aldehydes is 1. The molecule has 0 spiro atoms. The predicted molar refractivity (Wildman–Crippen MR) is 88.3 cm³/mol. The molecule has 1 heterocycles. The fourth-order valence-corrected chi connectivity index (χ4v) is 3.26. The maximum atomic E-state index is 12.3. The third kappa shape index (κ3) is 6.45. The molecule has 0 saturated carbocycles. The number of carbonyl (C=O) groups is 2. The van der Waals surface area contributed by atoms with E-state index in [1.807, 2.05) is 30.3 Å². The lowest BCUT2D eigenvalue weighted by molar-refractivity contribution is -0.112. The first-order valence-electron chi connectivity index (χ1n) is 7.76. The molecule has 1 aliphatic rings. The summed E-state index contributed by atoms with van der Waals surface area (Å²) in [6.07, 6.45) is 0.609. The van der Waals surface area contributed by atoms with Gasteiger partial charge in [-0.1, -0.05) is 30.3 Å². The van der Waals surface area contributed by atoms with Crippen LogP contribution in [0, 0.1) is 0 Å². The fraction of sp³-hybridized carbons (Fsp3) is 0.500. The number of amides is 1. The molecule has 1 amide bonds. The molecule has 0 bridgehead atoms. The zero-order valence-electron chi connectivity index (χ0n) is 13.9. The van der Waals surface area contributed by atoms with Crippen LogP contribution in [0.1, 0.15) is 12.0 Å². The first kappa shape index (κ1) is 19.4. The van der Waals surface area contributed by atoms with E-state index >= 15 is 0 Å². The lowest BCUT2D eigenvalue weighted by atomic mass is 10.2. The number of ether oxygens (including phenoxy) is 2. The third-order valence-corrected chi connectivity index (χ3v) is 4.24. The molecule has 138 valence electrons. The number of nitrogens with zero attached hydrogens (tertiary/aromatic N) is 1. The van der Waals surface area contributed by atoms with Crippen LogP contribution in [0.5, 0.6) is 0 Å². The molecule has 1 aromatic carbocycles. The number of rotatable bonds is 8. The normalized spacial score (nSPS) is 20.4. The molecule has 2 atom stereocenters. The molecule has 1 aromatic rings. The second-order valence-electron chi connectivity index (χ2n) is 5.71. The van der Waals surface area contributed by atoms with E-state index in [0.29, 0.717) is 6.29 Å². The Morgan fingerprint density at radius 1 is 1.32 bits per heavy atom. The lowest BCUT2D eigenvalue weighted by Crippen LogP contribution is -2.39. The zero-order chi connectivity index (χ0) is 18.3. The second kappa shape index (κ2) is 8.93. The molecule has 25 heavy (non-hydrogen) atoms. The number of hydrogen-bond donors (Lipinski definition) is 0. The van der Waals surface area contributed by atoms with Gasteiger partial charge in [-0.25, -0.2) is 4.79 Å². The van der Waals surface area contributed by atoms with E-state index in [9.17, 15) is 18.0 Å². The van der Waals surface area contributed by atoms with E-state index in [1.54, 1.807) is 0 Å². The van der Waals surface area contributed by atoms with Crippen LogP contribution in [0.2, 0.25) is 0 Å². The Morgan fingerprint density at radius 3 is 2.68 bits per heavy atom. The Balaban J connectivity index is 1.97. The summed E-state index contributed by atoms with van der Waals surface area (Å²) >= 11 is 0. The lowest BCUT2D eigenvalue weighted by Gasteiger charge is -2.23. The van der Waals surface area contributed by atoms with Crippen LogP contribution in [0.4, 0.5) is 4.79 Å². The molecule has 2 rings (SSSR count). The Hall–Kier alpha value is -1.97. The van der Waals surface area contributed by atoms with Crippen LogP contribution in [0.15, 0.2) is 30.3 Å². The van der Waals surface area contributed by atoms with Crippen molar-refractivity contribution in [2.24, 2.45) is 0 Å². The molecular weight excluding hydrogens is 350 g/mol. The summed E-state index contributed by atoms with van der Waals surface area (Å²) in [5, 5.41) is 0. The highest BCUT2D eigenvalue weighted by Gasteiger charge is 2.38. The average Bonchev–Trinajstić information content (AvgIpc) is 2.94. The van der Waals surface area contributed by atoms with Crippen molar-refractivity contribution >= 4 is 22.5 Å². The monoisotopic (exact) mass is 371 g/mol. The highest BCUT2D eigenvalue weighted by atomic mass is 32.2. The maximum Gasteiger partial charge on any atom is 0.410 e. The molecular formula is C16H21NO7S. The number of hydrogen-bond acceptors (Lipinski definition) is 7. The smallest absolute Gasteiger partial charge is 0.410 e. The molecule has 0 aromatic heterocycles. The Kier molecular flexibility index (Phi) is 6.91. The Bertz CT molecular complexity index is 677. The van der Waals surface area contributed by atoms with Gasteiger partial charge in [-0.05, 0) is 12.0 Å². The van der Waals surface area contributed by atoms with Crippen LogP contribution >= 0.6 is 0 Å². The quantitative estimate of drug-likeness (QED) is 0.381. The standard InChI is InChI=1S/C16H21NO7S/c1-25(20,21)24-15-9-14(12-22-8-7-18)17(10-15)16(19)23-11-13-5-3-2-4-6-13/h2-7,14-15H,8-12H2,1H3/t14-,15+/m0/s1. The van der Waals surface area contributed by atoms with E-state index in [4.69, 9.17) is 13.7 Å². The summed E-state index contributed by atoms with van der Waals surface area (Å²) in [5.74, 6) is 0. The first-order valence-corrected chi connectivity index (χ1v) is 9.57. The van der Waals surface area contributed by atoms with E-state index in [-0.39, 0.29) is 32.8 Å². The van der Waals surface area contributed by atoms with Gasteiger partial charge < -0.3 is 19.2 Å². The Morgan fingerprint density at radius 2 is 2.04 bits per heavy atom. The van der Waals surface area contributed by atoms with Gasteiger partial charge in [-0.2, -0.15) is 8.42 Å². The van der Waals surface area contributed by atoms with Crippen molar-refractivity contribution in [3.8, 4) is 0 Å². The van der Waals surface area contributed by atoms with Crippen LogP contribution in [0.3, 0.4) is 0 Å². The van der Waals surface area contributed by atoms with Crippen molar-refractivity contribution in [3.05, 3.63) is 35.9 Å². The van der Waals surface area contributed by atoms with Crippen molar-refractivity contribution in [3.63, 3.8) is 0 Å². The average molecular weight is 371 g/mol. The highest BCUT2D eigenvalue weighted by Crippen LogP contribution is 2.23. The molecule has 8 nitrogen and oxygen atoms in total. The highest BCUT2D eigenvalue weighted by molar-refractivity contribution is 7.86. The molecule has 0 N–H and O–H groups in total. The molecule has 0 aliphatic carbocycles. The second-order valence-corrected chi connectivity index (χ2v) is 7.31. The van der Waals surface area contributed by atoms with Crippen molar-refractivity contribution in [2.45, 2.75) is 25.2 Å². The van der Waals surface area contributed by atoms with Crippen molar-refractivity contribution < 1.29 is 31.7 Å². The van der Waals surface area contributed by atoms with E-state index in [0.717, 1.165) is 11.8 Å². The van der Waals surface area contributed by atoms with E-state index < -0.39 is 28.4 Å². The summed E-state index contributed by atoms with van der Waals surface area (Å²) in [6, 6.07) is 8.78. The summed E-state index contributed by atoms with van der Waals surface area (Å²) in [7, 11) is -3.64. The van der Waals surface area contributed by atoms with Gasteiger partial charge in [0, 0.05) is 0 Å². The summed E-state index contributed by atoms with van der Waals surface area (Å²) in [6.45, 7) is 0.190. The molecule has 1 aliphatic heterocycles. The molecule has 9 heteroatoms. The SMILES string of the molecule is CS(=O)(=O)O[C@@H]1C[C@@H](COCC=O)N(C(=O)OCc2ccccc2)C1. The molecule has 0 unspecified atom stereocenters. The van der Waals surface area contributed by atoms with Gasteiger partial charge >= 0.3 is 6.09 Å². The van der Waals surface area contributed by atoms with Crippen molar-refractivity contribution in [1.82, 2.24) is 4.90 Å². The predicted octanol–water partition coefficient (Wildman–Crippen LogP) is 0.958. The van der Waals surface area contributed by atoms with Crippen LogP contribution in [0.25, 0.3) is 0 Å². The van der Waals surface area contributed by atoms with Gasteiger partial charge in [0.05, 0.1) is 31.6 Å². The number of benzene rings is 1. The van der Waals surface area contributed by atoms with Gasteiger partial charge in [-0.3, -0.25) is 4.18 Å². The fourth-order valence-electron chi connectivity index (χ4n) is 2.63. The van der Waals surface area contributed by atoms with Crippen LogP contribution in [-0.2, 0) is 35.2 Å². The maximum absolute atomic E-state index is 12.3. The molecule has 1 fully saturated rings. The minimum absolute atomic E-state index is 0.0792. The van der Waals surface area contributed by atoms with Gasteiger partial charge in [-0.15, -0.1) is 0 Å². The third-order valence-electron chi connectivity index (χ3n) is 3.62. The van der Waals surface area contributed by atoms with Crippen LogP contribution in [-0.4, -0.2) is 63.9 Å². The van der Waals surface area contributed by atoms with Gasteiger partial charge in [0.1, 0.15) is 19.5 Å². The Labute approximate surface area is 146 Å². The van der Waals surface area contributed by atoms with Crippen molar-refractivity contribution in [1.29, 1.82) is 0 Å². The number of likely N-dealkylation sites (tertiary alicyclic amines) is 1. The molecule has 0 radical (unpaired) electrons. The minimum Gasteiger partial charge on any atom is -0.445 e. The molecule has 1 saturated heterocycles. The first-order chi connectivity index (χ1) is 11.9.